The first-order valence-electron chi connectivity index (χ1n) is 7.38. The van der Waals surface area contributed by atoms with Crippen LogP contribution in [0.1, 0.15) is 5.56 Å². The van der Waals surface area contributed by atoms with Crippen molar-refractivity contribution in [3.05, 3.63) is 70.4 Å². The van der Waals surface area contributed by atoms with E-state index < -0.39 is 11.9 Å². The van der Waals surface area contributed by atoms with E-state index in [-0.39, 0.29) is 11.5 Å². The van der Waals surface area contributed by atoms with Crippen LogP contribution in [0.15, 0.2) is 69.9 Å². The molecule has 1 atom stereocenters. The summed E-state index contributed by atoms with van der Waals surface area (Å²) in [6.07, 6.45) is 5.11. The standard InChI is InChI=1S/C18H15ClN2O3/c1-24-18(23)15-16(20-10-11-5-3-2-4-6-11)13-9-12(19)7-8-14(13)21-17(15)22/h2-9,13,20H,10H2,1H3. The van der Waals surface area contributed by atoms with E-state index in [4.69, 9.17) is 16.3 Å². The lowest BCUT2D eigenvalue weighted by Crippen LogP contribution is -2.35. The van der Waals surface area contributed by atoms with Gasteiger partial charge in [0.05, 0.1) is 18.7 Å². The number of hydrogen-bond donors (Lipinski definition) is 1. The summed E-state index contributed by atoms with van der Waals surface area (Å²) in [4.78, 5) is 28.3. The van der Waals surface area contributed by atoms with Gasteiger partial charge in [-0.1, -0.05) is 48.0 Å². The second kappa shape index (κ2) is 6.84. The molecule has 1 N–H and O–H groups in total. The van der Waals surface area contributed by atoms with Gasteiger partial charge in [-0.25, -0.2) is 9.79 Å². The molecule has 1 amide bonds. The van der Waals surface area contributed by atoms with Crippen molar-refractivity contribution in [1.29, 1.82) is 0 Å². The Labute approximate surface area is 144 Å². The number of rotatable bonds is 4. The number of amides is 1. The summed E-state index contributed by atoms with van der Waals surface area (Å²) in [6, 6.07) is 9.67. The molecule has 1 aliphatic heterocycles. The predicted molar refractivity (Wildman–Crippen MR) is 91.3 cm³/mol. The normalized spacial score (nSPS) is 19.4. The fraction of sp³-hybridized carbons (Fsp3) is 0.167. The third-order valence-electron chi connectivity index (χ3n) is 3.80. The van der Waals surface area contributed by atoms with Gasteiger partial charge in [-0.3, -0.25) is 4.79 Å². The lowest BCUT2D eigenvalue weighted by Gasteiger charge is -2.26. The minimum Gasteiger partial charge on any atom is -0.465 e. The maximum absolute atomic E-state index is 12.3. The van der Waals surface area contributed by atoms with Crippen LogP contribution in [0.3, 0.4) is 0 Å². The molecule has 0 saturated heterocycles. The maximum atomic E-state index is 12.3. The van der Waals surface area contributed by atoms with Crippen LogP contribution in [-0.2, 0) is 20.9 Å². The molecule has 1 unspecified atom stereocenters. The Balaban J connectivity index is 1.98. The summed E-state index contributed by atoms with van der Waals surface area (Å²) in [5.41, 5.74) is 1.95. The first-order valence-corrected chi connectivity index (χ1v) is 7.76. The van der Waals surface area contributed by atoms with E-state index in [9.17, 15) is 9.59 Å². The number of aliphatic imine (C=N–C) groups is 1. The average molecular weight is 343 g/mol. The molecule has 0 fully saturated rings. The Morgan fingerprint density at radius 2 is 2.04 bits per heavy atom. The number of dihydropyridines is 1. The molecule has 24 heavy (non-hydrogen) atoms. The fourth-order valence-corrected chi connectivity index (χ4v) is 2.83. The second-order valence-corrected chi connectivity index (χ2v) is 5.76. The highest BCUT2D eigenvalue weighted by molar-refractivity contribution is 6.33. The van der Waals surface area contributed by atoms with E-state index in [1.54, 1.807) is 18.2 Å². The number of fused-ring (bicyclic) bond motifs is 1. The molecule has 1 aromatic rings. The van der Waals surface area contributed by atoms with Crippen molar-refractivity contribution in [3.8, 4) is 0 Å². The van der Waals surface area contributed by atoms with Crippen LogP contribution in [0.4, 0.5) is 0 Å². The Hall–Kier alpha value is -2.66. The van der Waals surface area contributed by atoms with Crippen LogP contribution in [0.5, 0.6) is 0 Å². The Morgan fingerprint density at radius 3 is 2.75 bits per heavy atom. The topological polar surface area (TPSA) is 67.8 Å². The summed E-state index contributed by atoms with van der Waals surface area (Å²) < 4.78 is 4.75. The first kappa shape index (κ1) is 16.2. The van der Waals surface area contributed by atoms with Crippen molar-refractivity contribution in [3.63, 3.8) is 0 Å². The lowest BCUT2D eigenvalue weighted by atomic mass is 9.88. The third-order valence-corrected chi connectivity index (χ3v) is 4.05. The fourth-order valence-electron chi connectivity index (χ4n) is 2.64. The van der Waals surface area contributed by atoms with E-state index >= 15 is 0 Å². The highest BCUT2D eigenvalue weighted by atomic mass is 35.5. The number of allylic oxidation sites excluding steroid dienone is 4. The molecule has 0 aromatic heterocycles. The number of esters is 1. The molecular weight excluding hydrogens is 328 g/mol. The summed E-state index contributed by atoms with van der Waals surface area (Å²) in [5, 5.41) is 3.72. The van der Waals surface area contributed by atoms with E-state index in [0.29, 0.717) is 23.0 Å². The molecule has 1 aliphatic carbocycles. The van der Waals surface area contributed by atoms with Gasteiger partial charge in [-0.2, -0.15) is 0 Å². The van der Waals surface area contributed by atoms with Crippen molar-refractivity contribution < 1.29 is 14.3 Å². The molecule has 122 valence electrons. The number of nitrogens with one attached hydrogen (secondary N) is 1. The van der Waals surface area contributed by atoms with Crippen molar-refractivity contribution in [1.82, 2.24) is 5.32 Å². The average Bonchev–Trinajstić information content (AvgIpc) is 2.60. The SMILES string of the molecule is COC(=O)C1=C(NCc2ccccc2)C2C=C(Cl)C=CC2=NC1=O. The molecule has 3 rings (SSSR count). The smallest absolute Gasteiger partial charge is 0.345 e. The van der Waals surface area contributed by atoms with Gasteiger partial charge in [0, 0.05) is 17.3 Å². The quantitative estimate of drug-likeness (QED) is 0.674. The number of hydrogen-bond acceptors (Lipinski definition) is 4. The summed E-state index contributed by atoms with van der Waals surface area (Å²) in [6.45, 7) is 0.461. The molecule has 2 aliphatic rings. The third kappa shape index (κ3) is 3.16. The Bertz CT molecular complexity index is 807. The number of halogens is 1. The summed E-state index contributed by atoms with van der Waals surface area (Å²) in [7, 11) is 1.24. The number of benzene rings is 1. The van der Waals surface area contributed by atoms with Gasteiger partial charge in [0.2, 0.25) is 0 Å². The first-order chi connectivity index (χ1) is 11.6. The van der Waals surface area contributed by atoms with Crippen LogP contribution < -0.4 is 5.32 Å². The summed E-state index contributed by atoms with van der Waals surface area (Å²) >= 11 is 6.08. The van der Waals surface area contributed by atoms with Gasteiger partial charge in [-0.15, -0.1) is 0 Å². The number of carbonyl (C=O) groups is 2. The van der Waals surface area contributed by atoms with Gasteiger partial charge in [0.1, 0.15) is 5.57 Å². The monoisotopic (exact) mass is 342 g/mol. The molecule has 6 heteroatoms. The van der Waals surface area contributed by atoms with Crippen LogP contribution in [0, 0.1) is 5.92 Å². The molecule has 0 bridgehead atoms. The minimum absolute atomic E-state index is 0.0850. The predicted octanol–water partition coefficient (Wildman–Crippen LogP) is 2.49. The van der Waals surface area contributed by atoms with E-state index in [1.807, 2.05) is 30.3 Å². The summed E-state index contributed by atoms with van der Waals surface area (Å²) in [5.74, 6) is -1.70. The molecule has 1 aromatic carbocycles. The molecule has 0 spiro atoms. The number of ether oxygens (including phenoxy) is 1. The van der Waals surface area contributed by atoms with Crippen molar-refractivity contribution >= 4 is 29.2 Å². The van der Waals surface area contributed by atoms with Crippen LogP contribution >= 0.6 is 11.6 Å². The maximum Gasteiger partial charge on any atom is 0.345 e. The van der Waals surface area contributed by atoms with E-state index in [2.05, 4.69) is 10.3 Å². The van der Waals surface area contributed by atoms with E-state index in [1.165, 1.54) is 7.11 Å². The highest BCUT2D eigenvalue weighted by Crippen LogP contribution is 2.29. The number of carbonyl (C=O) groups excluding carboxylic acids is 2. The van der Waals surface area contributed by atoms with Gasteiger partial charge in [-0.05, 0) is 17.7 Å². The second-order valence-electron chi connectivity index (χ2n) is 5.32. The number of nitrogens with zero attached hydrogens (tertiary/aromatic N) is 1. The highest BCUT2D eigenvalue weighted by Gasteiger charge is 2.35. The largest absolute Gasteiger partial charge is 0.465 e. The Kier molecular flexibility index (Phi) is 4.62. The van der Waals surface area contributed by atoms with E-state index in [0.717, 1.165) is 5.56 Å². The van der Waals surface area contributed by atoms with Gasteiger partial charge in [0.25, 0.3) is 5.91 Å². The molecular formula is C18H15ClN2O3. The van der Waals surface area contributed by atoms with Crippen LogP contribution in [0.25, 0.3) is 0 Å². The van der Waals surface area contributed by atoms with Gasteiger partial charge in [0.15, 0.2) is 0 Å². The lowest BCUT2D eigenvalue weighted by molar-refractivity contribution is -0.137. The number of methoxy groups -OCH3 is 1. The zero-order valence-electron chi connectivity index (χ0n) is 13.0. The Morgan fingerprint density at radius 1 is 1.29 bits per heavy atom. The van der Waals surface area contributed by atoms with Crippen LogP contribution in [0.2, 0.25) is 0 Å². The van der Waals surface area contributed by atoms with Crippen molar-refractivity contribution in [2.24, 2.45) is 10.9 Å². The molecule has 0 radical (unpaired) electrons. The molecule has 5 nitrogen and oxygen atoms in total. The zero-order valence-corrected chi connectivity index (χ0v) is 13.7. The molecule has 0 saturated carbocycles. The minimum atomic E-state index is -0.711. The molecule has 1 heterocycles. The van der Waals surface area contributed by atoms with Crippen molar-refractivity contribution in [2.75, 3.05) is 7.11 Å². The van der Waals surface area contributed by atoms with Gasteiger partial charge < -0.3 is 10.1 Å². The van der Waals surface area contributed by atoms with Crippen LogP contribution in [-0.4, -0.2) is 24.7 Å². The van der Waals surface area contributed by atoms with Gasteiger partial charge >= 0.3 is 5.97 Å². The zero-order chi connectivity index (χ0) is 17.1. The van der Waals surface area contributed by atoms with Crippen molar-refractivity contribution in [2.45, 2.75) is 6.54 Å².